The normalized spacial score (nSPS) is 20.1. The van der Waals surface area contributed by atoms with Gasteiger partial charge in [-0.15, -0.1) is 0 Å². The summed E-state index contributed by atoms with van der Waals surface area (Å²) in [5, 5.41) is 9.22. The zero-order valence-corrected chi connectivity index (χ0v) is 25.8. The van der Waals surface area contributed by atoms with Crippen molar-refractivity contribution in [3.63, 3.8) is 0 Å². The predicted molar refractivity (Wildman–Crippen MR) is 172 cm³/mol. The van der Waals surface area contributed by atoms with Crippen molar-refractivity contribution in [2.75, 3.05) is 32.7 Å². The zero-order valence-electron chi connectivity index (χ0n) is 25.1. The lowest BCUT2D eigenvalue weighted by atomic mass is 9.95. The Kier molecular flexibility index (Phi) is 10.7. The van der Waals surface area contributed by atoms with Crippen LogP contribution in [-0.2, 0) is 9.59 Å². The molecule has 2 N–H and O–H groups in total. The van der Waals surface area contributed by atoms with E-state index >= 15 is 0 Å². The lowest BCUT2D eigenvalue weighted by Gasteiger charge is -2.30. The minimum atomic E-state index is -0.475. The molecule has 3 aromatic rings. The average molecular weight is 603 g/mol. The molecule has 8 heteroatoms. The number of fused-ring (bicyclic) bond motifs is 1. The van der Waals surface area contributed by atoms with Crippen molar-refractivity contribution in [1.29, 1.82) is 0 Å². The number of carbonyl (C=O) groups is 3. The number of nitrogens with zero attached hydrogens (tertiary/aromatic N) is 2. The smallest absolute Gasteiger partial charge is 0.251 e. The number of benzene rings is 3. The van der Waals surface area contributed by atoms with E-state index in [1.54, 1.807) is 0 Å². The Labute approximate surface area is 259 Å². The van der Waals surface area contributed by atoms with Crippen molar-refractivity contribution in [3.8, 4) is 0 Å². The van der Waals surface area contributed by atoms with Gasteiger partial charge >= 0.3 is 0 Å². The summed E-state index contributed by atoms with van der Waals surface area (Å²) in [4.78, 5) is 44.0. The number of rotatable bonds is 10. The first kappa shape index (κ1) is 31.0. The molecule has 43 heavy (non-hydrogen) atoms. The van der Waals surface area contributed by atoms with Gasteiger partial charge in [-0.25, -0.2) is 0 Å². The van der Waals surface area contributed by atoms with Crippen molar-refractivity contribution >= 4 is 40.1 Å². The molecule has 3 amide bonds. The van der Waals surface area contributed by atoms with E-state index in [0.717, 1.165) is 43.1 Å². The number of likely N-dealkylation sites (tertiary alicyclic amines) is 1. The summed E-state index contributed by atoms with van der Waals surface area (Å²) in [6.45, 7) is 5.41. The third kappa shape index (κ3) is 8.15. The van der Waals surface area contributed by atoms with E-state index in [1.807, 2.05) is 64.4 Å². The number of hydrogen-bond donors (Lipinski definition) is 2. The first-order chi connectivity index (χ1) is 20.9. The van der Waals surface area contributed by atoms with Crippen molar-refractivity contribution in [2.24, 2.45) is 0 Å². The van der Waals surface area contributed by atoms with Crippen LogP contribution in [0.4, 0.5) is 0 Å². The first-order valence-electron chi connectivity index (χ1n) is 15.8. The van der Waals surface area contributed by atoms with E-state index in [-0.39, 0.29) is 29.7 Å². The van der Waals surface area contributed by atoms with Crippen LogP contribution in [-0.4, -0.2) is 72.3 Å². The number of piperidine rings is 1. The molecule has 0 spiro atoms. The number of amides is 3. The quantitative estimate of drug-likeness (QED) is 0.309. The van der Waals surface area contributed by atoms with Gasteiger partial charge in [-0.2, -0.15) is 0 Å². The third-order valence-corrected chi connectivity index (χ3v) is 9.16. The van der Waals surface area contributed by atoms with Gasteiger partial charge in [0.1, 0.15) is 0 Å². The van der Waals surface area contributed by atoms with Gasteiger partial charge in [-0.3, -0.25) is 14.4 Å². The lowest BCUT2D eigenvalue weighted by molar-refractivity contribution is -0.134. The Morgan fingerprint density at radius 2 is 1.72 bits per heavy atom. The van der Waals surface area contributed by atoms with Crippen LogP contribution in [0.25, 0.3) is 10.8 Å². The second-order valence-electron chi connectivity index (χ2n) is 11.9. The van der Waals surface area contributed by atoms with Gasteiger partial charge in [0.2, 0.25) is 11.8 Å². The summed E-state index contributed by atoms with van der Waals surface area (Å²) in [5.41, 5.74) is 1.81. The molecule has 2 heterocycles. The predicted octanol–water partition coefficient (Wildman–Crippen LogP) is 5.77. The summed E-state index contributed by atoms with van der Waals surface area (Å²) in [7, 11) is 0. The van der Waals surface area contributed by atoms with E-state index in [4.69, 9.17) is 11.6 Å². The maximum absolute atomic E-state index is 13.9. The Balaban J connectivity index is 1.26. The topological polar surface area (TPSA) is 81.8 Å². The highest BCUT2D eigenvalue weighted by molar-refractivity contribution is 6.31. The van der Waals surface area contributed by atoms with Crippen LogP contribution in [0.3, 0.4) is 0 Å². The molecular weight excluding hydrogens is 560 g/mol. The van der Waals surface area contributed by atoms with Crippen LogP contribution in [0.1, 0.15) is 73.7 Å². The molecule has 2 aliphatic heterocycles. The lowest BCUT2D eigenvalue weighted by Crippen LogP contribution is -2.49. The van der Waals surface area contributed by atoms with E-state index < -0.39 is 6.04 Å². The monoisotopic (exact) mass is 602 g/mol. The highest BCUT2D eigenvalue weighted by Gasteiger charge is 2.33. The molecule has 5 rings (SSSR count). The number of halogens is 1. The number of nitrogens with one attached hydrogen (secondary N) is 2. The Hall–Kier alpha value is -3.42. The van der Waals surface area contributed by atoms with Crippen molar-refractivity contribution in [2.45, 2.75) is 69.9 Å². The van der Waals surface area contributed by atoms with Crippen LogP contribution < -0.4 is 10.6 Å². The van der Waals surface area contributed by atoms with Gasteiger partial charge < -0.3 is 20.4 Å². The first-order valence-corrected chi connectivity index (χ1v) is 16.1. The van der Waals surface area contributed by atoms with Gasteiger partial charge in [0.25, 0.3) is 5.91 Å². The Morgan fingerprint density at radius 3 is 2.49 bits per heavy atom. The average Bonchev–Trinajstić information content (AvgIpc) is 3.19. The van der Waals surface area contributed by atoms with Crippen LogP contribution in [0, 0.1) is 0 Å². The summed E-state index contributed by atoms with van der Waals surface area (Å²) in [6, 6.07) is 21.0. The summed E-state index contributed by atoms with van der Waals surface area (Å²) < 4.78 is 0. The van der Waals surface area contributed by atoms with Gasteiger partial charge in [-0.05, 0) is 79.1 Å². The van der Waals surface area contributed by atoms with Gasteiger partial charge in [-0.1, -0.05) is 61.0 Å². The second kappa shape index (κ2) is 14.8. The molecule has 0 aliphatic carbocycles. The zero-order chi connectivity index (χ0) is 30.2. The van der Waals surface area contributed by atoms with Crippen molar-refractivity contribution in [3.05, 3.63) is 82.9 Å². The molecule has 0 saturated carbocycles. The summed E-state index contributed by atoms with van der Waals surface area (Å²) in [5.74, 6) is 0.254. The highest BCUT2D eigenvalue weighted by Crippen LogP contribution is 2.24. The summed E-state index contributed by atoms with van der Waals surface area (Å²) in [6.07, 6.45) is 5.69. The van der Waals surface area contributed by atoms with Gasteiger partial charge in [0.15, 0.2) is 0 Å². The molecule has 0 radical (unpaired) electrons. The second-order valence-corrected chi connectivity index (χ2v) is 12.3. The minimum absolute atomic E-state index is 0.0443. The van der Waals surface area contributed by atoms with Gasteiger partial charge in [0.05, 0.1) is 6.04 Å². The highest BCUT2D eigenvalue weighted by atomic mass is 35.5. The van der Waals surface area contributed by atoms with Gasteiger partial charge in [0, 0.05) is 61.7 Å². The fourth-order valence-corrected chi connectivity index (χ4v) is 6.52. The van der Waals surface area contributed by atoms with Crippen LogP contribution in [0.5, 0.6) is 0 Å². The van der Waals surface area contributed by atoms with Crippen LogP contribution in [0.2, 0.25) is 5.02 Å². The van der Waals surface area contributed by atoms with Crippen LogP contribution >= 0.6 is 11.6 Å². The van der Waals surface area contributed by atoms with E-state index in [9.17, 15) is 14.4 Å². The Bertz CT molecular complexity index is 1410. The fraction of sp³-hybridized carbons (Fsp3) is 0.457. The standard InChI is InChI=1S/C35H43ClN4O3/c1-2-25(26-9-5-3-6-10-26)24-40-20-17-31(38-32(35(40)43)15-16-33(41)39-18-7-4-8-19-39)23-37-34(42)29-12-11-28-22-30(36)14-13-27(28)21-29/h3,5-6,9-14,21-22,25,31-32,38H,2,4,7-8,15-20,23-24H2,1H3,(H,37,42)/t25?,31-,32-/m0/s1. The molecule has 2 aliphatic rings. The van der Waals surface area contributed by atoms with E-state index in [0.29, 0.717) is 49.5 Å². The molecule has 2 fully saturated rings. The molecule has 0 bridgehead atoms. The fourth-order valence-electron chi connectivity index (χ4n) is 6.34. The number of hydrogen-bond acceptors (Lipinski definition) is 4. The molecule has 228 valence electrons. The third-order valence-electron chi connectivity index (χ3n) is 8.93. The minimum Gasteiger partial charge on any atom is -0.350 e. The Morgan fingerprint density at radius 1 is 0.977 bits per heavy atom. The van der Waals surface area contributed by atoms with Crippen LogP contribution in [0.15, 0.2) is 66.7 Å². The molecular formula is C35H43ClN4O3. The van der Waals surface area contributed by atoms with Crippen molar-refractivity contribution in [1.82, 2.24) is 20.4 Å². The maximum atomic E-state index is 13.9. The maximum Gasteiger partial charge on any atom is 0.251 e. The van der Waals surface area contributed by atoms with E-state index in [1.165, 1.54) is 12.0 Å². The molecule has 3 aromatic carbocycles. The largest absolute Gasteiger partial charge is 0.350 e. The van der Waals surface area contributed by atoms with E-state index in [2.05, 4.69) is 29.7 Å². The number of carbonyl (C=O) groups excluding carboxylic acids is 3. The molecule has 0 aromatic heterocycles. The molecule has 3 atom stereocenters. The summed E-state index contributed by atoms with van der Waals surface area (Å²) >= 11 is 6.11. The SMILES string of the molecule is CCC(CN1CC[C@@H](CNC(=O)c2ccc3cc(Cl)ccc3c2)N[C@@H](CCC(=O)N2CCCCC2)C1=O)c1ccccc1. The molecule has 2 saturated heterocycles. The molecule has 7 nitrogen and oxygen atoms in total. The van der Waals surface area contributed by atoms with Crippen molar-refractivity contribution < 1.29 is 14.4 Å². The molecule has 1 unspecified atom stereocenters.